The van der Waals surface area contributed by atoms with E-state index < -0.39 is 0 Å². The van der Waals surface area contributed by atoms with Crippen molar-refractivity contribution in [3.63, 3.8) is 0 Å². The molecule has 1 aromatic carbocycles. The van der Waals surface area contributed by atoms with Gasteiger partial charge in [0.15, 0.2) is 0 Å². The second-order valence-electron chi connectivity index (χ2n) is 5.15. The summed E-state index contributed by atoms with van der Waals surface area (Å²) in [5, 5.41) is 8.78. The second kappa shape index (κ2) is 7.43. The molecule has 1 N–H and O–H groups in total. The Morgan fingerprint density at radius 3 is 2.67 bits per heavy atom. The summed E-state index contributed by atoms with van der Waals surface area (Å²) in [5.74, 6) is 0. The minimum Gasteiger partial charge on any atom is -0.316 e. The average Bonchev–Trinajstić information content (AvgIpc) is 2.76. The van der Waals surface area contributed by atoms with Gasteiger partial charge in [0.05, 0.1) is 15.9 Å². The van der Waals surface area contributed by atoms with E-state index in [0.29, 0.717) is 6.04 Å². The number of benzene rings is 1. The molecule has 0 saturated heterocycles. The Morgan fingerprint density at radius 2 is 2.05 bits per heavy atom. The van der Waals surface area contributed by atoms with E-state index in [1.54, 1.807) is 0 Å². The average molecular weight is 371 g/mol. The van der Waals surface area contributed by atoms with Crippen LogP contribution < -0.4 is 5.32 Å². The van der Waals surface area contributed by atoms with E-state index in [2.05, 4.69) is 44.0 Å². The fraction of sp³-hybridized carbons (Fsp3) is 0.438. The molecular formula is C16H21BrClN3. The van der Waals surface area contributed by atoms with Gasteiger partial charge in [-0.1, -0.05) is 29.8 Å². The molecule has 0 fully saturated rings. The minimum atomic E-state index is 0.322. The van der Waals surface area contributed by atoms with Crippen LogP contribution in [0.1, 0.15) is 23.9 Å². The van der Waals surface area contributed by atoms with E-state index in [9.17, 15) is 0 Å². The first-order valence-electron chi connectivity index (χ1n) is 7.19. The van der Waals surface area contributed by atoms with Crippen molar-refractivity contribution >= 4 is 27.5 Å². The summed E-state index contributed by atoms with van der Waals surface area (Å²) in [6.07, 6.45) is 1.81. The molecule has 2 rings (SSSR count). The van der Waals surface area contributed by atoms with Gasteiger partial charge in [0.1, 0.15) is 0 Å². The summed E-state index contributed by atoms with van der Waals surface area (Å²) >= 11 is 9.93. The zero-order chi connectivity index (χ0) is 15.4. The molecule has 0 aliphatic carbocycles. The Kier molecular flexibility index (Phi) is 5.85. The van der Waals surface area contributed by atoms with E-state index in [-0.39, 0.29) is 0 Å². The van der Waals surface area contributed by atoms with E-state index >= 15 is 0 Å². The van der Waals surface area contributed by atoms with Crippen LogP contribution in [-0.2, 0) is 19.4 Å². The highest BCUT2D eigenvalue weighted by atomic mass is 79.9. The molecule has 0 aliphatic heterocycles. The highest BCUT2D eigenvalue weighted by molar-refractivity contribution is 9.10. The van der Waals surface area contributed by atoms with E-state index in [4.69, 9.17) is 11.6 Å². The maximum absolute atomic E-state index is 6.27. The van der Waals surface area contributed by atoms with Gasteiger partial charge in [-0.3, -0.25) is 4.68 Å². The molecule has 114 valence electrons. The van der Waals surface area contributed by atoms with Crippen LogP contribution in [0, 0.1) is 6.92 Å². The van der Waals surface area contributed by atoms with Gasteiger partial charge in [-0.25, -0.2) is 0 Å². The second-order valence-corrected chi connectivity index (χ2v) is 6.35. The molecule has 0 saturated carbocycles. The SMILES string of the molecule is CCn1nc(C)c(Br)c1CC(Cc1ccccc1Cl)NC. The molecule has 0 amide bonds. The van der Waals surface area contributed by atoms with Crippen molar-refractivity contribution in [1.29, 1.82) is 0 Å². The molecule has 3 nitrogen and oxygen atoms in total. The number of halogens is 2. The molecule has 0 aliphatic rings. The van der Waals surface area contributed by atoms with Crippen molar-refractivity contribution in [1.82, 2.24) is 15.1 Å². The monoisotopic (exact) mass is 369 g/mol. The van der Waals surface area contributed by atoms with Crippen molar-refractivity contribution in [3.05, 3.63) is 50.7 Å². The Labute approximate surface area is 139 Å². The summed E-state index contributed by atoms with van der Waals surface area (Å²) in [7, 11) is 1.99. The standard InChI is InChI=1S/C16H21BrClN3/c1-4-21-15(16(17)11(2)20-21)10-13(19-3)9-12-7-5-6-8-14(12)18/h5-8,13,19H,4,9-10H2,1-3H3. The zero-order valence-corrected chi connectivity index (χ0v) is 15.0. The molecule has 0 bridgehead atoms. The van der Waals surface area contributed by atoms with Crippen molar-refractivity contribution in [2.24, 2.45) is 0 Å². The lowest BCUT2D eigenvalue weighted by atomic mass is 10.0. The molecule has 0 radical (unpaired) electrons. The van der Waals surface area contributed by atoms with E-state index in [1.807, 2.05) is 32.2 Å². The van der Waals surface area contributed by atoms with Crippen molar-refractivity contribution in [2.45, 2.75) is 39.3 Å². The largest absolute Gasteiger partial charge is 0.316 e. The normalized spacial score (nSPS) is 12.6. The Hall–Kier alpha value is -0.840. The lowest BCUT2D eigenvalue weighted by Gasteiger charge is -2.18. The summed E-state index contributed by atoms with van der Waals surface area (Å²) < 4.78 is 3.18. The van der Waals surface area contributed by atoms with Crippen LogP contribution in [0.5, 0.6) is 0 Å². The maximum Gasteiger partial charge on any atom is 0.0738 e. The fourth-order valence-electron chi connectivity index (χ4n) is 2.50. The van der Waals surface area contributed by atoms with Crippen molar-refractivity contribution in [2.75, 3.05) is 7.05 Å². The van der Waals surface area contributed by atoms with Gasteiger partial charge in [-0.15, -0.1) is 0 Å². The summed E-state index contributed by atoms with van der Waals surface area (Å²) in [5.41, 5.74) is 3.45. The van der Waals surface area contributed by atoms with Gasteiger partial charge < -0.3 is 5.32 Å². The van der Waals surface area contributed by atoms with E-state index in [1.165, 1.54) is 11.3 Å². The summed E-state index contributed by atoms with van der Waals surface area (Å²) in [6, 6.07) is 8.35. The molecule has 1 atom stereocenters. The highest BCUT2D eigenvalue weighted by Crippen LogP contribution is 2.24. The number of hydrogen-bond donors (Lipinski definition) is 1. The van der Waals surface area contributed by atoms with Crippen LogP contribution in [0.4, 0.5) is 0 Å². The molecule has 21 heavy (non-hydrogen) atoms. The third-order valence-electron chi connectivity index (χ3n) is 3.72. The number of nitrogens with one attached hydrogen (secondary N) is 1. The van der Waals surface area contributed by atoms with Crippen LogP contribution in [0.15, 0.2) is 28.7 Å². The van der Waals surface area contributed by atoms with Crippen LogP contribution in [-0.4, -0.2) is 22.9 Å². The molecule has 2 aromatic rings. The first-order valence-corrected chi connectivity index (χ1v) is 8.36. The topological polar surface area (TPSA) is 29.9 Å². The lowest BCUT2D eigenvalue weighted by molar-refractivity contribution is 0.519. The predicted molar refractivity (Wildman–Crippen MR) is 92.0 cm³/mol. The van der Waals surface area contributed by atoms with Gasteiger partial charge in [-0.05, 0) is 54.9 Å². The van der Waals surface area contributed by atoms with Gasteiger partial charge in [0, 0.05) is 24.0 Å². The van der Waals surface area contributed by atoms with Crippen LogP contribution in [0.2, 0.25) is 5.02 Å². The number of nitrogens with zero attached hydrogens (tertiary/aromatic N) is 2. The molecule has 1 aromatic heterocycles. The molecule has 1 heterocycles. The summed E-state index contributed by atoms with van der Waals surface area (Å²) in [4.78, 5) is 0. The third-order valence-corrected chi connectivity index (χ3v) is 5.13. The Bertz CT molecular complexity index is 610. The minimum absolute atomic E-state index is 0.322. The fourth-order valence-corrected chi connectivity index (χ4v) is 3.16. The first-order chi connectivity index (χ1) is 10.1. The first kappa shape index (κ1) is 16.5. The zero-order valence-electron chi connectivity index (χ0n) is 12.7. The predicted octanol–water partition coefficient (Wildman–Crippen LogP) is 4.00. The Balaban J connectivity index is 2.18. The molecular weight excluding hydrogens is 350 g/mol. The number of aryl methyl sites for hydroxylation is 2. The Morgan fingerprint density at radius 1 is 1.33 bits per heavy atom. The van der Waals surface area contributed by atoms with Gasteiger partial charge in [0.2, 0.25) is 0 Å². The third kappa shape index (κ3) is 3.87. The maximum atomic E-state index is 6.27. The number of likely N-dealkylation sites (N-methyl/N-ethyl adjacent to an activating group) is 1. The molecule has 0 spiro atoms. The lowest BCUT2D eigenvalue weighted by Crippen LogP contribution is -2.31. The smallest absolute Gasteiger partial charge is 0.0738 e. The van der Waals surface area contributed by atoms with Crippen LogP contribution in [0.3, 0.4) is 0 Å². The van der Waals surface area contributed by atoms with Crippen molar-refractivity contribution in [3.8, 4) is 0 Å². The highest BCUT2D eigenvalue weighted by Gasteiger charge is 2.17. The van der Waals surface area contributed by atoms with Crippen LogP contribution in [0.25, 0.3) is 0 Å². The van der Waals surface area contributed by atoms with Crippen molar-refractivity contribution < 1.29 is 0 Å². The number of hydrogen-bond acceptors (Lipinski definition) is 2. The number of rotatable bonds is 6. The van der Waals surface area contributed by atoms with Gasteiger partial charge in [0.25, 0.3) is 0 Å². The van der Waals surface area contributed by atoms with Gasteiger partial charge >= 0.3 is 0 Å². The number of aromatic nitrogens is 2. The van der Waals surface area contributed by atoms with Crippen LogP contribution >= 0.6 is 27.5 Å². The molecule has 1 unspecified atom stereocenters. The quantitative estimate of drug-likeness (QED) is 0.833. The van der Waals surface area contributed by atoms with E-state index in [0.717, 1.165) is 34.6 Å². The van der Waals surface area contributed by atoms with Gasteiger partial charge in [-0.2, -0.15) is 5.10 Å². The summed E-state index contributed by atoms with van der Waals surface area (Å²) in [6.45, 7) is 5.03. The molecule has 5 heteroatoms.